The summed E-state index contributed by atoms with van der Waals surface area (Å²) < 4.78 is 60.2. The van der Waals surface area contributed by atoms with Crippen LogP contribution in [0.15, 0.2) is 54.6 Å². The van der Waals surface area contributed by atoms with Crippen LogP contribution in [0, 0.1) is 29.4 Å². The van der Waals surface area contributed by atoms with E-state index in [1.807, 2.05) is 0 Å². The van der Waals surface area contributed by atoms with Crippen LogP contribution in [-0.2, 0) is 6.11 Å². The molecule has 0 heterocycles. The average Bonchev–Trinajstić information content (AvgIpc) is 2.87. The Morgan fingerprint density at radius 1 is 0.829 bits per heavy atom. The molecule has 0 aromatic heterocycles. The molecule has 1 fully saturated rings. The van der Waals surface area contributed by atoms with Crippen molar-refractivity contribution >= 4 is 0 Å². The van der Waals surface area contributed by atoms with Crippen molar-refractivity contribution in [2.24, 2.45) is 17.8 Å². The van der Waals surface area contributed by atoms with Crippen molar-refractivity contribution in [2.75, 3.05) is 0 Å². The van der Waals surface area contributed by atoms with E-state index in [4.69, 9.17) is 0 Å². The Morgan fingerprint density at radius 2 is 1.57 bits per heavy atom. The SMILES string of the molecule is CCCCCC1C=CC(C2CCC(c3ccc(C(F)(F)Oc4ccc(F)c(F)c4)cc3)CC2)CC1. The summed E-state index contributed by atoms with van der Waals surface area (Å²) in [5.41, 5.74) is 0.770. The Labute approximate surface area is 206 Å². The smallest absolute Gasteiger partial charge is 0.426 e. The summed E-state index contributed by atoms with van der Waals surface area (Å²) in [6, 6.07) is 8.66. The summed E-state index contributed by atoms with van der Waals surface area (Å²) in [7, 11) is 0. The normalized spacial score (nSPS) is 24.9. The number of rotatable bonds is 9. The maximum absolute atomic E-state index is 14.6. The molecule has 2 aliphatic rings. The van der Waals surface area contributed by atoms with Crippen LogP contribution < -0.4 is 4.74 Å². The van der Waals surface area contributed by atoms with Gasteiger partial charge in [-0.1, -0.05) is 50.5 Å². The summed E-state index contributed by atoms with van der Waals surface area (Å²) in [4.78, 5) is 0. The van der Waals surface area contributed by atoms with E-state index in [9.17, 15) is 17.6 Å². The number of hydrogen-bond acceptors (Lipinski definition) is 1. The van der Waals surface area contributed by atoms with Gasteiger partial charge >= 0.3 is 6.11 Å². The zero-order valence-corrected chi connectivity index (χ0v) is 20.5. The molecule has 5 heteroatoms. The standard InChI is InChI=1S/C30H36F4O/c1-2-3-4-5-21-6-8-22(9-7-21)23-10-12-24(13-11-23)25-14-16-26(17-15-25)30(33,34)35-27-18-19-28(31)29(32)20-27/h6,8,14-24H,2-5,7,9-13H2,1H3. The second kappa shape index (κ2) is 11.6. The summed E-state index contributed by atoms with van der Waals surface area (Å²) in [6.07, 6.45) is 13.7. The summed E-state index contributed by atoms with van der Waals surface area (Å²) >= 11 is 0. The minimum atomic E-state index is -3.64. The molecule has 2 aromatic carbocycles. The molecule has 2 aromatic rings. The van der Waals surface area contributed by atoms with E-state index in [0.717, 1.165) is 42.4 Å². The second-order valence-corrected chi connectivity index (χ2v) is 10.3. The third-order valence-electron chi connectivity index (χ3n) is 7.91. The van der Waals surface area contributed by atoms with Gasteiger partial charge in [0, 0.05) is 6.07 Å². The summed E-state index contributed by atoms with van der Waals surface area (Å²) in [5, 5.41) is 0. The van der Waals surface area contributed by atoms with Gasteiger partial charge in [0.05, 0.1) is 5.56 Å². The van der Waals surface area contributed by atoms with Gasteiger partial charge in [-0.25, -0.2) is 8.78 Å². The first-order valence-corrected chi connectivity index (χ1v) is 13.2. The van der Waals surface area contributed by atoms with Crippen LogP contribution in [0.5, 0.6) is 5.75 Å². The first-order valence-electron chi connectivity index (χ1n) is 13.2. The molecule has 0 aliphatic heterocycles. The molecule has 190 valence electrons. The molecule has 2 atom stereocenters. The maximum Gasteiger partial charge on any atom is 0.426 e. The number of halogens is 4. The van der Waals surface area contributed by atoms with Crippen molar-refractivity contribution < 1.29 is 22.3 Å². The van der Waals surface area contributed by atoms with E-state index in [2.05, 4.69) is 23.8 Å². The number of alkyl halides is 2. The number of benzene rings is 2. The van der Waals surface area contributed by atoms with Crippen LogP contribution in [0.4, 0.5) is 17.6 Å². The highest BCUT2D eigenvalue weighted by atomic mass is 19.3. The Balaban J connectivity index is 1.29. The number of hydrogen-bond donors (Lipinski definition) is 0. The zero-order chi connectivity index (χ0) is 24.8. The van der Waals surface area contributed by atoms with Crippen LogP contribution in [0.25, 0.3) is 0 Å². The molecule has 0 amide bonds. The lowest BCUT2D eigenvalue weighted by Crippen LogP contribution is -2.23. The fourth-order valence-corrected chi connectivity index (χ4v) is 5.77. The first kappa shape index (κ1) is 25.8. The van der Waals surface area contributed by atoms with Gasteiger partial charge in [-0.05, 0) is 98.4 Å². The number of unbranched alkanes of at least 4 members (excludes halogenated alkanes) is 2. The average molecular weight is 489 g/mol. The molecule has 1 saturated carbocycles. The molecule has 0 N–H and O–H groups in total. The van der Waals surface area contributed by atoms with E-state index >= 15 is 0 Å². The molecule has 1 nitrogen and oxygen atoms in total. The van der Waals surface area contributed by atoms with E-state index in [-0.39, 0.29) is 5.56 Å². The summed E-state index contributed by atoms with van der Waals surface area (Å²) in [6.45, 7) is 2.25. The van der Waals surface area contributed by atoms with E-state index in [1.165, 1.54) is 63.5 Å². The fraction of sp³-hybridized carbons (Fsp3) is 0.533. The number of ether oxygens (including phenoxy) is 1. The van der Waals surface area contributed by atoms with Crippen molar-refractivity contribution in [1.82, 2.24) is 0 Å². The molecule has 0 spiro atoms. The van der Waals surface area contributed by atoms with Crippen LogP contribution in [-0.4, -0.2) is 0 Å². The van der Waals surface area contributed by atoms with Crippen LogP contribution in [0.1, 0.15) is 88.2 Å². The van der Waals surface area contributed by atoms with Crippen molar-refractivity contribution in [3.8, 4) is 5.75 Å². The van der Waals surface area contributed by atoms with Gasteiger partial charge in [-0.3, -0.25) is 0 Å². The largest absolute Gasteiger partial charge is 0.429 e. The Bertz CT molecular complexity index is 976. The van der Waals surface area contributed by atoms with E-state index < -0.39 is 23.5 Å². The van der Waals surface area contributed by atoms with Gasteiger partial charge in [0.15, 0.2) is 11.6 Å². The van der Waals surface area contributed by atoms with Crippen LogP contribution in [0.3, 0.4) is 0 Å². The zero-order valence-electron chi connectivity index (χ0n) is 20.5. The number of allylic oxidation sites excluding steroid dienone is 2. The minimum Gasteiger partial charge on any atom is -0.429 e. The lowest BCUT2D eigenvalue weighted by atomic mass is 9.70. The third-order valence-corrected chi connectivity index (χ3v) is 7.91. The van der Waals surface area contributed by atoms with Crippen molar-refractivity contribution in [3.05, 3.63) is 77.4 Å². The minimum absolute atomic E-state index is 0.305. The van der Waals surface area contributed by atoms with E-state index in [0.29, 0.717) is 17.9 Å². The molecule has 2 unspecified atom stereocenters. The monoisotopic (exact) mass is 488 g/mol. The van der Waals surface area contributed by atoms with Gasteiger partial charge in [0.1, 0.15) is 5.75 Å². The topological polar surface area (TPSA) is 9.23 Å². The van der Waals surface area contributed by atoms with Gasteiger partial charge in [-0.2, -0.15) is 8.78 Å². The Hall–Kier alpha value is -2.30. The van der Waals surface area contributed by atoms with Crippen LogP contribution in [0.2, 0.25) is 0 Å². The van der Waals surface area contributed by atoms with Crippen molar-refractivity contribution in [2.45, 2.75) is 83.2 Å². The highest BCUT2D eigenvalue weighted by Gasteiger charge is 2.35. The fourth-order valence-electron chi connectivity index (χ4n) is 5.77. The van der Waals surface area contributed by atoms with Gasteiger partial charge in [0.2, 0.25) is 0 Å². The maximum atomic E-state index is 14.6. The Kier molecular flexibility index (Phi) is 8.56. The highest BCUT2D eigenvalue weighted by Crippen LogP contribution is 2.43. The third kappa shape index (κ3) is 6.68. The molecular formula is C30H36F4O. The quantitative estimate of drug-likeness (QED) is 0.194. The van der Waals surface area contributed by atoms with Crippen molar-refractivity contribution in [3.63, 3.8) is 0 Å². The van der Waals surface area contributed by atoms with Crippen LogP contribution >= 0.6 is 0 Å². The first-order chi connectivity index (χ1) is 16.9. The molecule has 2 aliphatic carbocycles. The molecule has 0 bridgehead atoms. The van der Waals surface area contributed by atoms with Gasteiger partial charge in [-0.15, -0.1) is 0 Å². The Morgan fingerprint density at radius 3 is 2.20 bits per heavy atom. The molecule has 4 rings (SSSR count). The molecule has 0 radical (unpaired) electrons. The van der Waals surface area contributed by atoms with E-state index in [1.54, 1.807) is 12.1 Å². The molecule has 0 saturated heterocycles. The van der Waals surface area contributed by atoms with Gasteiger partial charge < -0.3 is 4.74 Å². The highest BCUT2D eigenvalue weighted by molar-refractivity contribution is 5.30. The molecule has 35 heavy (non-hydrogen) atoms. The molecular weight excluding hydrogens is 452 g/mol. The predicted octanol–water partition coefficient (Wildman–Crippen LogP) is 9.53. The summed E-state index contributed by atoms with van der Waals surface area (Å²) in [5.74, 6) is -0.182. The predicted molar refractivity (Wildman–Crippen MR) is 132 cm³/mol. The second-order valence-electron chi connectivity index (χ2n) is 10.3. The van der Waals surface area contributed by atoms with Crippen molar-refractivity contribution in [1.29, 1.82) is 0 Å². The lowest BCUT2D eigenvalue weighted by molar-refractivity contribution is -0.185. The van der Waals surface area contributed by atoms with Gasteiger partial charge in [0.25, 0.3) is 0 Å². The lowest BCUT2D eigenvalue weighted by Gasteiger charge is -2.35.